The minimum Gasteiger partial charge on any atom is -0.480 e. The topological polar surface area (TPSA) is 127 Å². The zero-order valence-electron chi connectivity index (χ0n) is 28.6. The summed E-state index contributed by atoms with van der Waals surface area (Å²) in [6, 6.07) is 17.0. The zero-order chi connectivity index (χ0) is 41.7. The summed E-state index contributed by atoms with van der Waals surface area (Å²) in [6.07, 6.45) is 3.49. The molecule has 0 bridgehead atoms. The molecule has 58 heavy (non-hydrogen) atoms. The normalized spacial score (nSPS) is 15.4. The molecule has 4 aromatic carbocycles. The van der Waals surface area contributed by atoms with E-state index in [-0.39, 0.29) is 52.5 Å². The van der Waals surface area contributed by atoms with Crippen molar-refractivity contribution in [1.29, 1.82) is 0 Å². The van der Waals surface area contributed by atoms with Crippen LogP contribution in [0.5, 0.6) is 11.5 Å². The van der Waals surface area contributed by atoms with Crippen LogP contribution < -0.4 is 9.47 Å². The molecule has 6 rings (SSSR count). The fraction of sp³-hybridized carbons (Fsp3) is 0.0526. The Morgan fingerprint density at radius 1 is 0.534 bits per heavy atom. The number of rotatable bonds is 15. The summed E-state index contributed by atoms with van der Waals surface area (Å²) in [5.41, 5.74) is 1.29. The molecule has 2 N–H and O–H groups in total. The molecule has 0 aliphatic carbocycles. The monoisotopic (exact) mass is 974 g/mol. The van der Waals surface area contributed by atoms with Crippen LogP contribution in [0.3, 0.4) is 0 Å². The number of ketones is 2. The van der Waals surface area contributed by atoms with Crippen LogP contribution in [0.25, 0.3) is 9.81 Å². The third-order valence-electron chi connectivity index (χ3n) is 7.58. The van der Waals surface area contributed by atoms with Gasteiger partial charge in [-0.3, -0.25) is 9.59 Å². The van der Waals surface area contributed by atoms with Crippen LogP contribution in [0.1, 0.15) is 31.8 Å². The summed E-state index contributed by atoms with van der Waals surface area (Å²) in [6.45, 7) is -1.41. The number of carboxylic acid groups (broad SMARTS) is 2. The Morgan fingerprint density at radius 3 is 1.24 bits per heavy atom. The van der Waals surface area contributed by atoms with Crippen molar-refractivity contribution in [3.8, 4) is 11.5 Å². The first-order valence-electron chi connectivity index (χ1n) is 15.9. The van der Waals surface area contributed by atoms with Crippen molar-refractivity contribution in [1.82, 2.24) is 0 Å². The molecule has 0 fully saturated rings. The molecule has 0 amide bonds. The van der Waals surface area contributed by atoms with E-state index < -0.39 is 48.4 Å². The van der Waals surface area contributed by atoms with Crippen LogP contribution in [-0.4, -0.2) is 46.9 Å². The summed E-state index contributed by atoms with van der Waals surface area (Å²) < 4.78 is 38.0. The number of allylic oxidation sites excluding steroid dienone is 4. The summed E-state index contributed by atoms with van der Waals surface area (Å²) >= 11 is 26.1. The average Bonchev–Trinajstić information content (AvgIpc) is 3.89. The second kappa shape index (κ2) is 19.9. The number of Topliss-reactive ketones (excluding diaryl/α,β-unsaturated/α-hetero) is 2. The Kier molecular flexibility index (Phi) is 15.3. The van der Waals surface area contributed by atoms with Gasteiger partial charge in [-0.25, -0.2) is 18.4 Å². The Balaban J connectivity index is 1.44. The standard InChI is InChI=1S/C38H20Cl4F2O8S6/c39-31-21(9-11-23(33(31)41)51-15-29(45)46)35(49)37(27-13-25(53-55-27)17-1-5-19(43)6-2-17)57-58-38(28-14-26(54-56-28)18-3-7-20(44)8-4-18)36(50)22-10-12-24(34(42)32(22)40)52-16-30(47)48/h1-14H,15-16H2,(H,45,46)(H,47,48)/b37-27-,38-28-. The van der Waals surface area contributed by atoms with Crippen molar-refractivity contribution in [3.63, 3.8) is 0 Å². The minimum absolute atomic E-state index is 0.0456. The number of aliphatic carboxylic acids is 2. The van der Waals surface area contributed by atoms with Crippen LogP contribution in [-0.2, 0) is 9.59 Å². The van der Waals surface area contributed by atoms with Gasteiger partial charge in [-0.05, 0) is 93.4 Å². The largest absolute Gasteiger partial charge is 0.480 e. The number of benzene rings is 4. The van der Waals surface area contributed by atoms with E-state index in [4.69, 9.17) is 66.1 Å². The summed E-state index contributed by atoms with van der Waals surface area (Å²) in [7, 11) is 7.04. The van der Waals surface area contributed by atoms with Crippen molar-refractivity contribution >= 4 is 144 Å². The second-order valence-corrected chi connectivity index (χ2v) is 19.5. The number of carbonyl (C=O) groups is 4. The van der Waals surface area contributed by atoms with Crippen LogP contribution in [0.15, 0.2) is 105 Å². The van der Waals surface area contributed by atoms with Crippen molar-refractivity contribution in [2.45, 2.75) is 0 Å². The smallest absolute Gasteiger partial charge is 0.341 e. The van der Waals surface area contributed by atoms with E-state index in [2.05, 4.69) is 0 Å². The number of hydrogen-bond acceptors (Lipinski definition) is 12. The van der Waals surface area contributed by atoms with Crippen molar-refractivity contribution in [2.75, 3.05) is 13.2 Å². The average molecular weight is 977 g/mol. The van der Waals surface area contributed by atoms with Gasteiger partial charge in [0.25, 0.3) is 0 Å². The number of ether oxygens (including phenoxy) is 2. The van der Waals surface area contributed by atoms with E-state index in [1.54, 1.807) is 36.4 Å². The van der Waals surface area contributed by atoms with E-state index in [0.29, 0.717) is 30.7 Å². The third kappa shape index (κ3) is 10.6. The van der Waals surface area contributed by atoms with Gasteiger partial charge in [0.15, 0.2) is 13.2 Å². The Bertz CT molecular complexity index is 2310. The highest BCUT2D eigenvalue weighted by Gasteiger charge is 2.31. The molecule has 0 atom stereocenters. The molecule has 0 radical (unpaired) electrons. The molecule has 0 spiro atoms. The predicted molar refractivity (Wildman–Crippen MR) is 236 cm³/mol. The Hall–Kier alpha value is -3.16. The van der Waals surface area contributed by atoms with Gasteiger partial charge in [0.1, 0.15) is 33.2 Å². The van der Waals surface area contributed by atoms with E-state index in [0.717, 1.165) is 21.6 Å². The highest BCUT2D eigenvalue weighted by Crippen LogP contribution is 2.57. The molecule has 0 saturated heterocycles. The predicted octanol–water partition coefficient (Wildman–Crippen LogP) is 13.2. The van der Waals surface area contributed by atoms with Gasteiger partial charge in [-0.15, -0.1) is 0 Å². The van der Waals surface area contributed by atoms with Crippen LogP contribution in [0.4, 0.5) is 8.78 Å². The van der Waals surface area contributed by atoms with Crippen LogP contribution in [0.2, 0.25) is 20.1 Å². The molecular weight excluding hydrogens is 957 g/mol. The quantitative estimate of drug-likeness (QED) is 0.0666. The molecule has 0 unspecified atom stereocenters. The SMILES string of the molecule is O=C(O)COc1ccc(C(=O)/C(SS/C(C(=O)c2ccc(OCC(=O)O)c(Cl)c2Cl)=C2/C=C(c3ccc(F)cc3)SS2)=C2\C=C(c3ccc(F)cc3)SS2)c(Cl)c1Cl. The molecule has 2 aliphatic rings. The van der Waals surface area contributed by atoms with E-state index in [1.165, 1.54) is 91.7 Å². The number of halogens is 6. The maximum atomic E-state index is 14.5. The molecular formula is C38H20Cl4F2O8S6. The Morgan fingerprint density at radius 2 is 0.897 bits per heavy atom. The third-order valence-corrected chi connectivity index (χ3v) is 16.9. The van der Waals surface area contributed by atoms with E-state index in [9.17, 15) is 28.0 Å². The van der Waals surface area contributed by atoms with Crippen LogP contribution >= 0.6 is 111 Å². The lowest BCUT2D eigenvalue weighted by Crippen LogP contribution is -2.10. The molecule has 20 heteroatoms. The summed E-state index contributed by atoms with van der Waals surface area (Å²) in [5, 5.41) is 17.3. The molecule has 8 nitrogen and oxygen atoms in total. The van der Waals surface area contributed by atoms with Crippen molar-refractivity contribution < 1.29 is 47.6 Å². The molecule has 298 valence electrons. The summed E-state index contributed by atoms with van der Waals surface area (Å²) in [4.78, 5) is 53.9. The molecule has 0 aromatic heterocycles. The fourth-order valence-corrected chi connectivity index (χ4v) is 13.9. The molecule has 4 aromatic rings. The van der Waals surface area contributed by atoms with Gasteiger partial charge in [-0.2, -0.15) is 0 Å². The molecule has 0 saturated carbocycles. The Labute approximate surface area is 372 Å². The number of carboxylic acids is 2. The lowest BCUT2D eigenvalue weighted by molar-refractivity contribution is -0.140. The van der Waals surface area contributed by atoms with Crippen molar-refractivity contribution in [3.05, 3.63) is 159 Å². The highest BCUT2D eigenvalue weighted by atomic mass is 35.5. The van der Waals surface area contributed by atoms with Gasteiger partial charge in [0.05, 0.1) is 19.9 Å². The van der Waals surface area contributed by atoms with Gasteiger partial charge in [0, 0.05) is 30.7 Å². The minimum atomic E-state index is -1.25. The maximum Gasteiger partial charge on any atom is 0.341 e. The van der Waals surface area contributed by atoms with E-state index >= 15 is 0 Å². The maximum absolute atomic E-state index is 14.5. The lowest BCUT2D eigenvalue weighted by Gasteiger charge is -2.15. The van der Waals surface area contributed by atoms with Gasteiger partial charge < -0.3 is 19.7 Å². The van der Waals surface area contributed by atoms with Gasteiger partial charge >= 0.3 is 11.9 Å². The van der Waals surface area contributed by atoms with Gasteiger partial charge in [0.2, 0.25) is 11.6 Å². The molecule has 2 aliphatic heterocycles. The van der Waals surface area contributed by atoms with E-state index in [1.807, 2.05) is 0 Å². The second-order valence-electron chi connectivity index (χ2n) is 11.4. The number of carbonyl (C=O) groups excluding carboxylic acids is 2. The van der Waals surface area contributed by atoms with Crippen LogP contribution in [0, 0.1) is 11.6 Å². The first kappa shape index (κ1) is 44.4. The zero-order valence-corrected chi connectivity index (χ0v) is 36.5. The lowest BCUT2D eigenvalue weighted by atomic mass is 10.1. The molecule has 2 heterocycles. The van der Waals surface area contributed by atoms with Gasteiger partial charge in [-0.1, -0.05) is 114 Å². The summed E-state index contributed by atoms with van der Waals surface area (Å²) in [5.74, 6) is -4.65. The first-order chi connectivity index (χ1) is 27.7. The first-order valence-corrected chi connectivity index (χ1v) is 23.9. The fourth-order valence-electron chi connectivity index (χ4n) is 4.84. The highest BCUT2D eigenvalue weighted by molar-refractivity contribution is 8.83. The van der Waals surface area contributed by atoms with Crippen molar-refractivity contribution in [2.24, 2.45) is 0 Å². The number of hydrogen-bond donors (Lipinski definition) is 2.